The molecule has 3 amide bonds. The van der Waals surface area contributed by atoms with Gasteiger partial charge in [-0.1, -0.05) is 0 Å². The molecule has 18 heteroatoms. The molecule has 5 aliphatic rings. The van der Waals surface area contributed by atoms with Gasteiger partial charge in [-0.15, -0.1) is 0 Å². The number of benzene rings is 1. The molecule has 0 radical (unpaired) electrons. The highest BCUT2D eigenvalue weighted by molar-refractivity contribution is 6.06. The number of carbonyl (C=O) groups excluding carboxylic acids is 6. The third kappa shape index (κ3) is 7.62. The number of esters is 3. The maximum atomic E-state index is 14.4. The number of fused-ring (bicyclic) bond motifs is 6. The summed E-state index contributed by atoms with van der Waals surface area (Å²) in [5, 5.41) is 8.43. The lowest BCUT2D eigenvalue weighted by atomic mass is 9.51. The number of hydrogen-bond donors (Lipinski definition) is 3. The maximum Gasteiger partial charge on any atom is 0.308 e. The molecule has 0 saturated carbocycles. The Morgan fingerprint density at radius 2 is 1.43 bits per heavy atom. The molecule has 18 nitrogen and oxygen atoms in total. The van der Waals surface area contributed by atoms with Crippen molar-refractivity contribution in [2.45, 2.75) is 91.4 Å². The highest BCUT2D eigenvalue weighted by atomic mass is 16.7. The van der Waals surface area contributed by atoms with Crippen LogP contribution >= 0.6 is 0 Å². The number of amides is 3. The number of rotatable bonds is 9. The molecule has 4 atom stereocenters. The Hall–Kier alpha value is -4.72. The predicted molar refractivity (Wildman–Crippen MR) is 214 cm³/mol. The summed E-state index contributed by atoms with van der Waals surface area (Å²) >= 11 is 0. The van der Waals surface area contributed by atoms with Gasteiger partial charge in [-0.3, -0.25) is 39.0 Å². The first-order valence-corrected chi connectivity index (χ1v) is 20.0. The molecule has 2 saturated heterocycles. The molecule has 2 spiro atoms. The quantitative estimate of drug-likeness (QED) is 0.241. The van der Waals surface area contributed by atoms with E-state index >= 15 is 0 Å². The number of nitrogens with one attached hydrogen (secondary N) is 3. The zero-order chi connectivity index (χ0) is 44.3. The lowest BCUT2D eigenvalue weighted by molar-refractivity contribution is -0.247. The van der Waals surface area contributed by atoms with Crippen LogP contribution in [0.15, 0.2) is 28.7 Å². The van der Waals surface area contributed by atoms with Gasteiger partial charge in [-0.2, -0.15) is 0 Å². The monoisotopic (exact) mass is 839 g/mol. The van der Waals surface area contributed by atoms with Crippen LogP contribution in [0.5, 0.6) is 5.75 Å². The smallest absolute Gasteiger partial charge is 0.308 e. The second-order valence-corrected chi connectivity index (χ2v) is 17.4. The Morgan fingerprint density at radius 3 is 1.95 bits per heavy atom. The van der Waals surface area contributed by atoms with Crippen LogP contribution in [0.3, 0.4) is 0 Å². The standard InChI is InChI=1S/C42H57N5O13/c1-21(48)44-38(53)33-36(59-23(3)50)34(47(11)12)27-18-25-17-26-29(46(9)10)19-28(45-30(52)20-43-39(5,6)7)35(58-22(2)49)32(26)41(54-13-14-55-41)31(25)37(60-24(4)51)40(27,8)42(33)56-15-16-57-42/h19,25,27,34,43H,13-18,20H2,1-12H3,(H,45,52)(H,44,48,53)/t25-,27-,34-,40+/m0/s1. The fraction of sp³-hybridized carbons (Fsp3) is 0.619. The molecule has 3 aliphatic carbocycles. The van der Waals surface area contributed by atoms with E-state index < -0.39 is 70.5 Å². The van der Waals surface area contributed by atoms with E-state index in [9.17, 15) is 28.8 Å². The second-order valence-electron chi connectivity index (χ2n) is 17.4. The summed E-state index contributed by atoms with van der Waals surface area (Å²) in [5.74, 6) is -9.48. The first-order chi connectivity index (χ1) is 28.0. The molecule has 0 unspecified atom stereocenters. The third-order valence-electron chi connectivity index (χ3n) is 11.6. The lowest BCUT2D eigenvalue weighted by Gasteiger charge is -2.60. The molecule has 0 bridgehead atoms. The van der Waals surface area contributed by atoms with Crippen molar-refractivity contribution in [2.24, 2.45) is 17.3 Å². The Kier molecular flexibility index (Phi) is 12.2. The summed E-state index contributed by atoms with van der Waals surface area (Å²) in [7, 11) is 7.21. The van der Waals surface area contributed by atoms with Crippen LogP contribution < -0.4 is 25.6 Å². The van der Waals surface area contributed by atoms with Crippen LogP contribution in [0.4, 0.5) is 11.4 Å². The Morgan fingerprint density at radius 1 is 0.850 bits per heavy atom. The summed E-state index contributed by atoms with van der Waals surface area (Å²) in [4.78, 5) is 83.6. The molecule has 2 heterocycles. The van der Waals surface area contributed by atoms with Crippen molar-refractivity contribution in [1.82, 2.24) is 15.5 Å². The van der Waals surface area contributed by atoms with E-state index in [0.717, 1.165) is 0 Å². The topological polar surface area (TPSA) is 210 Å². The number of ether oxygens (including phenoxy) is 7. The Balaban J connectivity index is 1.74. The maximum absolute atomic E-state index is 14.4. The zero-order valence-corrected chi connectivity index (χ0v) is 36.5. The molecule has 1 aromatic carbocycles. The highest BCUT2D eigenvalue weighted by Crippen LogP contribution is 2.68. The van der Waals surface area contributed by atoms with E-state index in [1.807, 2.05) is 39.8 Å². The van der Waals surface area contributed by atoms with Crippen molar-refractivity contribution in [3.8, 4) is 5.75 Å². The Bertz CT molecular complexity index is 2060. The third-order valence-corrected chi connectivity index (χ3v) is 11.6. The first-order valence-electron chi connectivity index (χ1n) is 20.0. The average Bonchev–Trinajstić information content (AvgIpc) is 3.80. The number of nitrogens with zero attached hydrogens (tertiary/aromatic N) is 2. The van der Waals surface area contributed by atoms with Crippen LogP contribution in [0.1, 0.15) is 72.9 Å². The fourth-order valence-corrected chi connectivity index (χ4v) is 9.61. The molecule has 6 rings (SSSR count). The SMILES string of the molecule is CC(=O)NC(=O)C1=C(OC(C)=O)[C@@H](N(C)C)[C@@H]2C[C@@H]3Cc4c(N(C)C)cc(NC(=O)CNC(C)(C)C)c(OC(C)=O)c4C4(OCCO4)C3=C(OC(C)=O)[C@]2(C)C12OCCO2. The molecule has 2 fully saturated rings. The number of imide groups is 1. The molecule has 1 aromatic rings. The van der Waals surface area contributed by atoms with Gasteiger partial charge in [0.1, 0.15) is 17.1 Å². The van der Waals surface area contributed by atoms with E-state index in [2.05, 4.69) is 16.0 Å². The molecule has 60 heavy (non-hydrogen) atoms. The molecular weight excluding hydrogens is 782 g/mol. The van der Waals surface area contributed by atoms with E-state index in [1.165, 1.54) is 27.7 Å². The van der Waals surface area contributed by atoms with Gasteiger partial charge < -0.3 is 48.7 Å². The van der Waals surface area contributed by atoms with Gasteiger partial charge in [0.05, 0.1) is 55.7 Å². The number of likely N-dealkylation sites (N-methyl/N-ethyl adjacent to an activating group) is 1. The molecule has 0 aromatic heterocycles. The van der Waals surface area contributed by atoms with Crippen molar-refractivity contribution in [3.05, 3.63) is 39.9 Å². The van der Waals surface area contributed by atoms with Crippen molar-refractivity contribution < 1.29 is 61.9 Å². The Labute approximate surface area is 349 Å². The largest absolute Gasteiger partial charge is 0.430 e. The van der Waals surface area contributed by atoms with Crippen molar-refractivity contribution in [2.75, 3.05) is 71.4 Å². The number of hydrogen-bond acceptors (Lipinski definition) is 16. The minimum absolute atomic E-state index is 0.0107. The zero-order valence-electron chi connectivity index (χ0n) is 36.5. The second kappa shape index (κ2) is 16.3. The van der Waals surface area contributed by atoms with Gasteiger partial charge in [0.25, 0.3) is 5.91 Å². The van der Waals surface area contributed by atoms with Gasteiger partial charge in [-0.25, -0.2) is 0 Å². The lowest BCUT2D eigenvalue weighted by Crippen LogP contribution is -2.68. The number of anilines is 2. The van der Waals surface area contributed by atoms with Gasteiger partial charge >= 0.3 is 17.9 Å². The van der Waals surface area contributed by atoms with E-state index in [-0.39, 0.29) is 85.4 Å². The normalized spacial score (nSPS) is 25.1. The van der Waals surface area contributed by atoms with E-state index in [4.69, 9.17) is 33.2 Å². The van der Waals surface area contributed by atoms with Gasteiger partial charge in [-0.05, 0) is 72.2 Å². The summed E-state index contributed by atoms with van der Waals surface area (Å²) in [6.45, 7) is 12.4. The van der Waals surface area contributed by atoms with Crippen molar-refractivity contribution in [3.63, 3.8) is 0 Å². The van der Waals surface area contributed by atoms with E-state index in [0.29, 0.717) is 16.8 Å². The molecule has 3 N–H and O–H groups in total. The van der Waals surface area contributed by atoms with Crippen LogP contribution in [0, 0.1) is 17.3 Å². The summed E-state index contributed by atoms with van der Waals surface area (Å²) < 4.78 is 45.0. The highest BCUT2D eigenvalue weighted by Gasteiger charge is 2.74. The minimum atomic E-state index is -2.11. The minimum Gasteiger partial charge on any atom is -0.430 e. The van der Waals surface area contributed by atoms with Crippen LogP contribution in [-0.4, -0.2) is 119 Å². The molecule has 2 aliphatic heterocycles. The van der Waals surface area contributed by atoms with Gasteiger partial charge in [0.15, 0.2) is 5.75 Å². The first kappa shape index (κ1) is 44.8. The summed E-state index contributed by atoms with van der Waals surface area (Å²) in [6, 6.07) is 0.882. The number of carbonyl (C=O) groups is 6. The molecule has 328 valence electrons. The fourth-order valence-electron chi connectivity index (χ4n) is 9.61. The van der Waals surface area contributed by atoms with Crippen LogP contribution in [0.2, 0.25) is 0 Å². The van der Waals surface area contributed by atoms with E-state index in [1.54, 1.807) is 32.0 Å². The summed E-state index contributed by atoms with van der Waals surface area (Å²) in [5.41, 5.74) is -0.136. The summed E-state index contributed by atoms with van der Waals surface area (Å²) in [6.07, 6.45) is 0.540. The van der Waals surface area contributed by atoms with Crippen molar-refractivity contribution in [1.29, 1.82) is 0 Å². The van der Waals surface area contributed by atoms with Gasteiger partial charge in [0, 0.05) is 64.5 Å². The van der Waals surface area contributed by atoms with Crippen molar-refractivity contribution >= 4 is 47.0 Å². The average molecular weight is 840 g/mol. The van der Waals surface area contributed by atoms with Gasteiger partial charge in [0.2, 0.25) is 23.4 Å². The predicted octanol–water partition coefficient (Wildman–Crippen LogP) is 2.39. The van der Waals surface area contributed by atoms with Crippen LogP contribution in [-0.2, 0) is 69.4 Å². The van der Waals surface area contributed by atoms with Crippen LogP contribution in [0.25, 0.3) is 0 Å². The molecular formula is C42H57N5O13.